The molecule has 11 aliphatic heterocycles. The van der Waals surface area contributed by atoms with Crippen LogP contribution in [0.5, 0.6) is 23.3 Å². The van der Waals surface area contributed by atoms with Crippen LogP contribution < -0.4 is 18.9 Å². The Labute approximate surface area is 373 Å². The second kappa shape index (κ2) is 18.9. The van der Waals surface area contributed by atoms with Gasteiger partial charge in [-0.05, 0) is 137 Å². The molecule has 2 aromatic carbocycles. The lowest BCUT2D eigenvalue weighted by molar-refractivity contribution is -0.147. The third-order valence-electron chi connectivity index (χ3n) is 14.8. The van der Waals surface area contributed by atoms with Crippen molar-refractivity contribution in [2.75, 3.05) is 53.6 Å². The normalized spacial score (nSPS) is 30.2. The fourth-order valence-electron chi connectivity index (χ4n) is 11.4. The summed E-state index contributed by atoms with van der Waals surface area (Å²) in [5.41, 5.74) is 3.75. The van der Waals surface area contributed by atoms with Crippen LogP contribution >= 0.6 is 0 Å². The van der Waals surface area contributed by atoms with Crippen LogP contribution in [0.4, 0.5) is 0 Å². The van der Waals surface area contributed by atoms with Crippen molar-refractivity contribution in [1.82, 2.24) is 30.0 Å². The van der Waals surface area contributed by atoms with Gasteiger partial charge in [0, 0.05) is 72.4 Å². The molecule has 10 bridgehead atoms. The quantitative estimate of drug-likeness (QED) is 0.163. The number of aromatic nitrogens is 4. The van der Waals surface area contributed by atoms with Gasteiger partial charge in [-0.25, -0.2) is 0 Å². The van der Waals surface area contributed by atoms with Gasteiger partial charge in [-0.1, -0.05) is 0 Å². The SMILES string of the molecule is COc1ccc2nccc([C@@H]3Oc4ccc(nn4)O[C@@H](c4ccnc5ccc(OC)cc45)[C@H]4C[C@@H]5CCN4C[C@@H]5CCOC(=O)CCCCC(=O)OCC[C@H]4CN5CC[C@H]4C[C@H]35)c2c1. The molecule has 6 fully saturated rings. The summed E-state index contributed by atoms with van der Waals surface area (Å²) in [7, 11) is 3.35. The Morgan fingerprint density at radius 1 is 0.578 bits per heavy atom. The summed E-state index contributed by atoms with van der Waals surface area (Å²) in [5, 5.41) is 11.3. The fourth-order valence-corrected chi connectivity index (χ4v) is 11.4. The molecule has 0 radical (unpaired) electrons. The van der Waals surface area contributed by atoms with Crippen molar-refractivity contribution in [2.24, 2.45) is 23.7 Å². The Bertz CT molecular complexity index is 2290. The Balaban J connectivity index is 0.983. The molecule has 64 heavy (non-hydrogen) atoms. The first-order chi connectivity index (χ1) is 31.4. The molecule has 0 amide bonds. The minimum atomic E-state index is -0.381. The average molecular weight is 871 g/mol. The van der Waals surface area contributed by atoms with Gasteiger partial charge in [-0.3, -0.25) is 29.4 Å². The summed E-state index contributed by atoms with van der Waals surface area (Å²) in [6, 6.07) is 19.9. The molecule has 0 N–H and O–H groups in total. The van der Waals surface area contributed by atoms with E-state index in [1.807, 2.05) is 60.9 Å². The highest BCUT2D eigenvalue weighted by molar-refractivity contribution is 5.85. The van der Waals surface area contributed by atoms with E-state index < -0.39 is 0 Å². The number of piperidine rings is 6. The molecule has 14 heterocycles. The molecule has 2 unspecified atom stereocenters. The van der Waals surface area contributed by atoms with E-state index in [1.165, 1.54) is 0 Å². The number of methoxy groups -OCH3 is 2. The van der Waals surface area contributed by atoms with Gasteiger partial charge in [-0.2, -0.15) is 0 Å². The molecule has 6 saturated heterocycles. The van der Waals surface area contributed by atoms with E-state index in [2.05, 4.69) is 21.9 Å². The Morgan fingerprint density at radius 3 is 1.45 bits per heavy atom. The Kier molecular flexibility index (Phi) is 12.5. The number of hydrogen-bond acceptors (Lipinski definition) is 14. The van der Waals surface area contributed by atoms with Crippen LogP contribution in [0.2, 0.25) is 0 Å². The maximum Gasteiger partial charge on any atom is 0.305 e. The number of pyridine rings is 2. The van der Waals surface area contributed by atoms with Crippen molar-refractivity contribution in [3.8, 4) is 23.3 Å². The van der Waals surface area contributed by atoms with E-state index in [-0.39, 0.29) is 36.2 Å². The van der Waals surface area contributed by atoms with Gasteiger partial charge in [0.1, 0.15) is 23.7 Å². The lowest BCUT2D eigenvalue weighted by Gasteiger charge is -2.52. The molecule has 14 nitrogen and oxygen atoms in total. The molecule has 5 aromatic rings. The number of hydrogen-bond donors (Lipinski definition) is 0. The van der Waals surface area contributed by atoms with Crippen LogP contribution in [0, 0.1) is 23.7 Å². The third kappa shape index (κ3) is 8.91. The lowest BCUT2D eigenvalue weighted by atomic mass is 9.72. The zero-order valence-electron chi connectivity index (χ0n) is 36.8. The predicted octanol–water partition coefficient (Wildman–Crippen LogP) is 7.69. The van der Waals surface area contributed by atoms with Crippen LogP contribution in [0.15, 0.2) is 73.1 Å². The number of nitrogens with zero attached hydrogens (tertiary/aromatic N) is 6. The second-order valence-corrected chi connectivity index (χ2v) is 18.3. The minimum Gasteiger partial charge on any atom is -0.497 e. The van der Waals surface area contributed by atoms with E-state index >= 15 is 0 Å². The maximum absolute atomic E-state index is 12.7. The van der Waals surface area contributed by atoms with Crippen LogP contribution in [0.3, 0.4) is 0 Å². The monoisotopic (exact) mass is 870 g/mol. The van der Waals surface area contributed by atoms with Gasteiger partial charge in [0.25, 0.3) is 0 Å². The van der Waals surface area contributed by atoms with Crippen LogP contribution in [-0.2, 0) is 19.1 Å². The highest BCUT2D eigenvalue weighted by Gasteiger charge is 2.46. The maximum atomic E-state index is 12.7. The summed E-state index contributed by atoms with van der Waals surface area (Å²) < 4.78 is 36.9. The summed E-state index contributed by atoms with van der Waals surface area (Å²) in [6.07, 6.45) is 10.4. The molecule has 0 aliphatic carbocycles. The topological polar surface area (TPSA) is 148 Å². The third-order valence-corrected chi connectivity index (χ3v) is 14.8. The molecule has 16 rings (SSSR count). The largest absolute Gasteiger partial charge is 0.497 e. The Morgan fingerprint density at radius 2 is 1.05 bits per heavy atom. The van der Waals surface area contributed by atoms with Crippen molar-refractivity contribution in [3.63, 3.8) is 0 Å². The number of benzene rings is 2. The highest BCUT2D eigenvalue weighted by atomic mass is 16.5. The van der Waals surface area contributed by atoms with E-state index in [9.17, 15) is 9.59 Å². The standard InChI is InChI=1S/C50H58N6O8/c1-59-35-7-9-41-39(27-35)37(13-19-51-41)49-43-25-31-15-21-55(43)29-33(31)17-23-61-47(57)5-3-4-6-48(58)62-24-18-34-30-56-22-16-32(34)26-44(56)50(64-46-12-11-45(63-49)53-54-46)38-14-20-52-42-10-8-36(60-2)28-40(38)42/h7-14,19-20,27-28,31-34,43-44,49-50H,3-6,15-18,21-26,29-30H2,1-2H3/t31-,32-,33-,34-,43+,44+,49-,50-/m0/s1. The summed E-state index contributed by atoms with van der Waals surface area (Å²) in [6.45, 7) is 4.47. The average Bonchev–Trinajstić information content (AvgIpc) is 3.34. The molecular formula is C50H58N6O8. The highest BCUT2D eigenvalue weighted by Crippen LogP contribution is 2.46. The first-order valence-electron chi connectivity index (χ1n) is 23.2. The molecule has 11 aliphatic rings. The number of esters is 2. The summed E-state index contributed by atoms with van der Waals surface area (Å²) >= 11 is 0. The first-order valence-corrected chi connectivity index (χ1v) is 23.2. The van der Waals surface area contributed by atoms with Gasteiger partial charge >= 0.3 is 11.9 Å². The van der Waals surface area contributed by atoms with Crippen molar-refractivity contribution in [2.45, 2.75) is 88.5 Å². The number of fused-ring (bicyclic) bond motifs is 5. The zero-order valence-corrected chi connectivity index (χ0v) is 36.8. The molecule has 336 valence electrons. The molecule has 0 saturated carbocycles. The number of ether oxygens (including phenoxy) is 6. The molecule has 3 aromatic heterocycles. The van der Waals surface area contributed by atoms with Crippen molar-refractivity contribution in [1.29, 1.82) is 0 Å². The molecule has 10 atom stereocenters. The van der Waals surface area contributed by atoms with Crippen molar-refractivity contribution >= 4 is 33.7 Å². The summed E-state index contributed by atoms with van der Waals surface area (Å²) in [5.74, 6) is 3.61. The van der Waals surface area contributed by atoms with Gasteiger partial charge < -0.3 is 28.4 Å². The van der Waals surface area contributed by atoms with E-state index in [0.29, 0.717) is 74.3 Å². The number of rotatable bonds is 4. The van der Waals surface area contributed by atoms with Gasteiger partial charge in [-0.15, -0.1) is 10.2 Å². The second-order valence-electron chi connectivity index (χ2n) is 18.3. The van der Waals surface area contributed by atoms with Crippen molar-refractivity contribution < 1.29 is 38.0 Å². The number of carbonyl (C=O) groups excluding carboxylic acids is 2. The molecular weight excluding hydrogens is 813 g/mol. The number of carbonyl (C=O) groups is 2. The molecule has 14 heteroatoms. The molecule has 0 spiro atoms. The minimum absolute atomic E-state index is 0.0616. The van der Waals surface area contributed by atoms with E-state index in [0.717, 1.165) is 109 Å². The van der Waals surface area contributed by atoms with Crippen LogP contribution in [-0.4, -0.2) is 108 Å². The van der Waals surface area contributed by atoms with E-state index in [1.54, 1.807) is 14.2 Å². The smallest absolute Gasteiger partial charge is 0.305 e. The Hall–Kier alpha value is -5.60. The van der Waals surface area contributed by atoms with Gasteiger partial charge in [0.2, 0.25) is 11.8 Å². The van der Waals surface area contributed by atoms with Crippen molar-refractivity contribution in [3.05, 3.63) is 84.2 Å². The predicted molar refractivity (Wildman–Crippen MR) is 238 cm³/mol. The van der Waals surface area contributed by atoms with Gasteiger partial charge in [0.05, 0.1) is 50.6 Å². The lowest BCUT2D eigenvalue weighted by Crippen LogP contribution is -2.56. The van der Waals surface area contributed by atoms with E-state index in [4.69, 9.17) is 48.6 Å². The fraction of sp³-hybridized carbons (Fsp3) is 0.520. The summed E-state index contributed by atoms with van der Waals surface area (Å²) in [4.78, 5) is 40.0. The van der Waals surface area contributed by atoms with Crippen LogP contribution in [0.1, 0.15) is 87.5 Å². The van der Waals surface area contributed by atoms with Crippen LogP contribution in [0.25, 0.3) is 21.8 Å². The zero-order chi connectivity index (χ0) is 43.6. The van der Waals surface area contributed by atoms with Gasteiger partial charge in [0.15, 0.2) is 0 Å². The first kappa shape index (κ1) is 42.4.